The third-order valence-corrected chi connectivity index (χ3v) is 5.24. The van der Waals surface area contributed by atoms with Crippen LogP contribution in [0.25, 0.3) is 11.4 Å². The largest absolute Gasteiger partial charge is 0.494 e. The first-order chi connectivity index (χ1) is 13.6. The predicted octanol–water partition coefficient (Wildman–Crippen LogP) is 4.89. The number of Topliss-reactive ketones (excluding diaryl/α,β-unsaturated/α-hetero) is 1. The molecule has 1 aromatic heterocycles. The quantitative estimate of drug-likeness (QED) is 0.294. The second-order valence-electron chi connectivity index (χ2n) is 6.15. The standard InChI is InChI=1S/C22H23N3O2S/c1-4-15-25-21(18-9-7-6-8-10-18)23-24-22(25)28-16(3)20(26)17-11-13-19(14-12-17)27-5-2/h4,6-14,16H,1,5,15H2,2-3H3/t16-/m1/s1. The third kappa shape index (κ3) is 4.51. The summed E-state index contributed by atoms with van der Waals surface area (Å²) in [6.07, 6.45) is 1.80. The number of benzene rings is 2. The lowest BCUT2D eigenvalue weighted by atomic mass is 10.1. The summed E-state index contributed by atoms with van der Waals surface area (Å²) in [5.41, 5.74) is 1.63. The molecular weight excluding hydrogens is 370 g/mol. The summed E-state index contributed by atoms with van der Waals surface area (Å²) < 4.78 is 7.42. The molecule has 3 rings (SSSR count). The van der Waals surface area contributed by atoms with Gasteiger partial charge in [0.2, 0.25) is 0 Å². The molecule has 0 amide bonds. The molecule has 1 heterocycles. The van der Waals surface area contributed by atoms with Gasteiger partial charge >= 0.3 is 0 Å². The molecule has 144 valence electrons. The van der Waals surface area contributed by atoms with Crippen molar-refractivity contribution in [3.05, 3.63) is 72.8 Å². The minimum absolute atomic E-state index is 0.0439. The Balaban J connectivity index is 1.79. The normalized spacial score (nSPS) is 11.8. The van der Waals surface area contributed by atoms with Gasteiger partial charge in [0.15, 0.2) is 16.8 Å². The topological polar surface area (TPSA) is 57.0 Å². The zero-order chi connectivity index (χ0) is 19.9. The molecule has 0 N–H and O–H groups in total. The van der Waals surface area contributed by atoms with Gasteiger partial charge in [0.1, 0.15) is 5.75 Å². The number of rotatable bonds is 9. The van der Waals surface area contributed by atoms with Crippen molar-refractivity contribution in [2.24, 2.45) is 0 Å². The van der Waals surface area contributed by atoms with E-state index in [0.29, 0.717) is 23.9 Å². The zero-order valence-electron chi connectivity index (χ0n) is 16.0. The Morgan fingerprint density at radius 3 is 2.54 bits per heavy atom. The van der Waals surface area contributed by atoms with Crippen LogP contribution in [0.4, 0.5) is 0 Å². The molecule has 0 bridgehead atoms. The zero-order valence-corrected chi connectivity index (χ0v) is 16.9. The van der Waals surface area contributed by atoms with Crippen molar-refractivity contribution in [1.29, 1.82) is 0 Å². The van der Waals surface area contributed by atoms with Crippen LogP contribution in [0, 0.1) is 0 Å². The number of aromatic nitrogens is 3. The van der Waals surface area contributed by atoms with E-state index in [1.165, 1.54) is 11.8 Å². The molecule has 2 aromatic carbocycles. The van der Waals surface area contributed by atoms with Crippen LogP contribution in [0.1, 0.15) is 24.2 Å². The number of ketones is 1. The predicted molar refractivity (Wildman–Crippen MR) is 113 cm³/mol. The van der Waals surface area contributed by atoms with Crippen molar-refractivity contribution in [1.82, 2.24) is 14.8 Å². The summed E-state index contributed by atoms with van der Waals surface area (Å²) in [6.45, 7) is 8.82. The molecular formula is C22H23N3O2S. The molecule has 0 fully saturated rings. The lowest BCUT2D eigenvalue weighted by Gasteiger charge is -2.12. The second kappa shape index (κ2) is 9.37. The highest BCUT2D eigenvalue weighted by atomic mass is 32.2. The average molecular weight is 394 g/mol. The van der Waals surface area contributed by atoms with E-state index in [1.807, 2.05) is 60.9 Å². The van der Waals surface area contributed by atoms with Gasteiger partial charge in [0.05, 0.1) is 11.9 Å². The van der Waals surface area contributed by atoms with Crippen LogP contribution in [0.3, 0.4) is 0 Å². The van der Waals surface area contributed by atoms with E-state index in [1.54, 1.807) is 18.2 Å². The Labute approximate surface area is 169 Å². The van der Waals surface area contributed by atoms with Crippen molar-refractivity contribution in [2.75, 3.05) is 6.61 Å². The number of ether oxygens (including phenoxy) is 1. The maximum atomic E-state index is 12.8. The van der Waals surface area contributed by atoms with Gasteiger partial charge in [0, 0.05) is 17.7 Å². The number of allylic oxidation sites excluding steroid dienone is 1. The van der Waals surface area contributed by atoms with E-state index in [4.69, 9.17) is 4.74 Å². The summed E-state index contributed by atoms with van der Waals surface area (Å²) in [7, 11) is 0. The van der Waals surface area contributed by atoms with Crippen LogP contribution in [0.15, 0.2) is 72.4 Å². The van der Waals surface area contributed by atoms with Gasteiger partial charge in [-0.25, -0.2) is 0 Å². The first kappa shape index (κ1) is 19.9. The van der Waals surface area contributed by atoms with E-state index >= 15 is 0 Å². The molecule has 0 aliphatic rings. The first-order valence-corrected chi connectivity index (χ1v) is 10.0. The van der Waals surface area contributed by atoms with E-state index < -0.39 is 0 Å². The summed E-state index contributed by atoms with van der Waals surface area (Å²) >= 11 is 1.40. The molecule has 6 heteroatoms. The number of thioether (sulfide) groups is 1. The average Bonchev–Trinajstić information content (AvgIpc) is 3.11. The van der Waals surface area contributed by atoms with Gasteiger partial charge in [-0.15, -0.1) is 16.8 Å². The lowest BCUT2D eigenvalue weighted by Crippen LogP contribution is -2.15. The lowest BCUT2D eigenvalue weighted by molar-refractivity contribution is 0.0994. The minimum Gasteiger partial charge on any atom is -0.494 e. The maximum Gasteiger partial charge on any atom is 0.192 e. The van der Waals surface area contributed by atoms with Crippen molar-refractivity contribution >= 4 is 17.5 Å². The summed E-state index contributed by atoms with van der Waals surface area (Å²) in [5, 5.41) is 9.06. The molecule has 28 heavy (non-hydrogen) atoms. The van der Waals surface area contributed by atoms with Gasteiger partial charge < -0.3 is 4.74 Å². The Morgan fingerprint density at radius 2 is 1.89 bits per heavy atom. The van der Waals surface area contributed by atoms with Gasteiger partial charge in [-0.1, -0.05) is 48.2 Å². The number of hydrogen-bond donors (Lipinski definition) is 0. The van der Waals surface area contributed by atoms with Gasteiger partial charge in [-0.3, -0.25) is 9.36 Å². The van der Waals surface area contributed by atoms with Crippen molar-refractivity contribution in [3.63, 3.8) is 0 Å². The van der Waals surface area contributed by atoms with Crippen molar-refractivity contribution < 1.29 is 9.53 Å². The Kier molecular flexibility index (Phi) is 6.66. The molecule has 0 aliphatic heterocycles. The molecule has 0 aliphatic carbocycles. The summed E-state index contributed by atoms with van der Waals surface area (Å²) in [5.74, 6) is 1.57. The Morgan fingerprint density at radius 1 is 1.18 bits per heavy atom. The fourth-order valence-electron chi connectivity index (χ4n) is 2.80. The Bertz CT molecular complexity index is 936. The number of hydrogen-bond acceptors (Lipinski definition) is 5. The first-order valence-electron chi connectivity index (χ1n) is 9.17. The Hall–Kier alpha value is -2.86. The highest BCUT2D eigenvalue weighted by Gasteiger charge is 2.21. The van der Waals surface area contributed by atoms with E-state index in [-0.39, 0.29) is 11.0 Å². The van der Waals surface area contributed by atoms with Gasteiger partial charge in [0.25, 0.3) is 0 Å². The monoisotopic (exact) mass is 393 g/mol. The highest BCUT2D eigenvalue weighted by Crippen LogP contribution is 2.28. The molecule has 5 nitrogen and oxygen atoms in total. The number of nitrogens with zero attached hydrogens (tertiary/aromatic N) is 3. The SMILES string of the molecule is C=CCn1c(S[C@H](C)C(=O)c2ccc(OCC)cc2)nnc1-c1ccccc1. The van der Waals surface area contributed by atoms with Crippen molar-refractivity contribution in [2.45, 2.75) is 30.8 Å². The molecule has 0 saturated carbocycles. The van der Waals surface area contributed by atoms with Crippen LogP contribution < -0.4 is 4.74 Å². The summed E-state index contributed by atoms with van der Waals surface area (Å²) in [4.78, 5) is 12.8. The second-order valence-corrected chi connectivity index (χ2v) is 7.46. The van der Waals surface area contributed by atoms with Crippen LogP contribution in [-0.4, -0.2) is 32.4 Å². The van der Waals surface area contributed by atoms with E-state index in [2.05, 4.69) is 16.8 Å². The highest BCUT2D eigenvalue weighted by molar-refractivity contribution is 8.00. The van der Waals surface area contributed by atoms with Gasteiger partial charge in [-0.05, 0) is 38.1 Å². The van der Waals surface area contributed by atoms with Crippen LogP contribution in [0.2, 0.25) is 0 Å². The van der Waals surface area contributed by atoms with Crippen LogP contribution >= 0.6 is 11.8 Å². The minimum atomic E-state index is -0.297. The fourth-order valence-corrected chi connectivity index (χ4v) is 3.73. The molecule has 0 saturated heterocycles. The molecule has 0 spiro atoms. The van der Waals surface area contributed by atoms with E-state index in [0.717, 1.165) is 17.1 Å². The summed E-state index contributed by atoms with van der Waals surface area (Å²) in [6, 6.07) is 17.1. The van der Waals surface area contributed by atoms with Crippen LogP contribution in [0.5, 0.6) is 5.75 Å². The third-order valence-electron chi connectivity index (χ3n) is 4.16. The molecule has 1 atom stereocenters. The fraction of sp³-hybridized carbons (Fsp3) is 0.227. The maximum absolute atomic E-state index is 12.8. The molecule has 3 aromatic rings. The molecule has 0 unspecified atom stereocenters. The molecule has 0 radical (unpaired) electrons. The van der Waals surface area contributed by atoms with Gasteiger partial charge in [-0.2, -0.15) is 0 Å². The van der Waals surface area contributed by atoms with Crippen LogP contribution in [-0.2, 0) is 6.54 Å². The number of carbonyl (C=O) groups is 1. The van der Waals surface area contributed by atoms with Crippen molar-refractivity contribution in [3.8, 4) is 17.1 Å². The van der Waals surface area contributed by atoms with E-state index in [9.17, 15) is 4.79 Å². The smallest absolute Gasteiger partial charge is 0.192 e. The number of carbonyl (C=O) groups excluding carboxylic acids is 1.